The van der Waals surface area contributed by atoms with Gasteiger partial charge in [-0.25, -0.2) is 12.7 Å². The molecule has 0 aromatic heterocycles. The van der Waals surface area contributed by atoms with Gasteiger partial charge in [-0.2, -0.15) is 13.2 Å². The molecule has 0 unspecified atom stereocenters. The molecule has 1 rings (SSSR count). The molecule has 1 heterocycles. The van der Waals surface area contributed by atoms with Crippen molar-refractivity contribution in [3.05, 3.63) is 0 Å². The molecule has 0 aromatic carbocycles. The van der Waals surface area contributed by atoms with Crippen LogP contribution in [0, 0.1) is 0 Å². The quantitative estimate of drug-likeness (QED) is 0.559. The Bertz CT molecular complexity index is 436. The zero-order chi connectivity index (χ0) is 15.2. The topological polar surface area (TPSA) is 73.8 Å². The maximum Gasteiger partial charge on any atom is 0.390 e. The average molecular weight is 316 g/mol. The minimum absolute atomic E-state index is 0.158. The van der Waals surface area contributed by atoms with Gasteiger partial charge in [0.15, 0.2) is 5.96 Å². The van der Waals surface area contributed by atoms with Gasteiger partial charge in [0.05, 0.1) is 12.2 Å². The van der Waals surface area contributed by atoms with Crippen LogP contribution in [0.5, 0.6) is 0 Å². The molecule has 118 valence electrons. The number of hydrogen-bond donors (Lipinski definition) is 2. The highest BCUT2D eigenvalue weighted by Gasteiger charge is 2.28. The van der Waals surface area contributed by atoms with E-state index in [9.17, 15) is 21.6 Å². The van der Waals surface area contributed by atoms with Crippen molar-refractivity contribution in [2.45, 2.75) is 19.0 Å². The summed E-state index contributed by atoms with van der Waals surface area (Å²) in [5.41, 5.74) is 0. The van der Waals surface area contributed by atoms with Crippen molar-refractivity contribution in [2.75, 3.05) is 39.0 Å². The highest BCUT2D eigenvalue weighted by molar-refractivity contribution is 7.89. The highest BCUT2D eigenvalue weighted by Crippen LogP contribution is 2.18. The van der Waals surface area contributed by atoms with Gasteiger partial charge < -0.3 is 10.6 Å². The standard InChI is InChI=1S/C10H19F3N4O2S/c1-14-9(15-4-3-10(11,12)13)16-5-7-17-6-2-8-20(17,18)19/h2-8H2,1H3,(H2,14,15,16). The van der Waals surface area contributed by atoms with Crippen LogP contribution in [0.3, 0.4) is 0 Å². The molecule has 1 aliphatic rings. The molecule has 1 fully saturated rings. The van der Waals surface area contributed by atoms with Crippen molar-refractivity contribution < 1.29 is 21.6 Å². The second-order valence-corrected chi connectivity index (χ2v) is 6.45. The van der Waals surface area contributed by atoms with Gasteiger partial charge in [-0.05, 0) is 6.42 Å². The summed E-state index contributed by atoms with van der Waals surface area (Å²) < 4.78 is 60.3. The van der Waals surface area contributed by atoms with Crippen LogP contribution in [0.25, 0.3) is 0 Å². The first-order chi connectivity index (χ1) is 9.24. The number of halogens is 3. The van der Waals surface area contributed by atoms with Gasteiger partial charge in [0, 0.05) is 33.2 Å². The lowest BCUT2D eigenvalue weighted by Crippen LogP contribution is -2.42. The van der Waals surface area contributed by atoms with Gasteiger partial charge in [0.1, 0.15) is 0 Å². The molecule has 1 aliphatic heterocycles. The zero-order valence-electron chi connectivity index (χ0n) is 11.2. The number of sulfonamides is 1. The van der Waals surface area contributed by atoms with Crippen molar-refractivity contribution in [3.8, 4) is 0 Å². The van der Waals surface area contributed by atoms with E-state index in [4.69, 9.17) is 0 Å². The van der Waals surface area contributed by atoms with Crippen LogP contribution >= 0.6 is 0 Å². The Morgan fingerprint density at radius 3 is 2.45 bits per heavy atom. The van der Waals surface area contributed by atoms with Crippen molar-refractivity contribution in [1.29, 1.82) is 0 Å². The molecule has 6 nitrogen and oxygen atoms in total. The third-order valence-electron chi connectivity index (χ3n) is 2.78. The molecule has 0 aliphatic carbocycles. The van der Waals surface area contributed by atoms with Crippen molar-refractivity contribution in [3.63, 3.8) is 0 Å². The van der Waals surface area contributed by atoms with E-state index in [0.717, 1.165) is 0 Å². The molecule has 0 spiro atoms. The van der Waals surface area contributed by atoms with Crippen LogP contribution < -0.4 is 10.6 Å². The van der Waals surface area contributed by atoms with Crippen LogP contribution in [0.15, 0.2) is 4.99 Å². The predicted molar refractivity (Wildman–Crippen MR) is 70.0 cm³/mol. The van der Waals surface area contributed by atoms with E-state index < -0.39 is 22.6 Å². The average Bonchev–Trinajstić information content (AvgIpc) is 2.65. The van der Waals surface area contributed by atoms with Gasteiger partial charge in [-0.1, -0.05) is 0 Å². The van der Waals surface area contributed by atoms with E-state index >= 15 is 0 Å². The van der Waals surface area contributed by atoms with E-state index in [2.05, 4.69) is 15.6 Å². The lowest BCUT2D eigenvalue weighted by Gasteiger charge is -2.16. The monoisotopic (exact) mass is 316 g/mol. The number of alkyl halides is 3. The highest BCUT2D eigenvalue weighted by atomic mass is 32.2. The first-order valence-electron chi connectivity index (χ1n) is 6.24. The molecular formula is C10H19F3N4O2S. The molecule has 0 amide bonds. The van der Waals surface area contributed by atoms with Gasteiger partial charge in [0.2, 0.25) is 10.0 Å². The molecule has 0 aromatic rings. The molecular weight excluding hydrogens is 297 g/mol. The summed E-state index contributed by atoms with van der Waals surface area (Å²) in [6.07, 6.45) is -4.55. The van der Waals surface area contributed by atoms with E-state index in [1.165, 1.54) is 11.4 Å². The summed E-state index contributed by atoms with van der Waals surface area (Å²) in [4.78, 5) is 3.77. The third kappa shape index (κ3) is 5.95. The maximum absolute atomic E-state index is 12.0. The molecule has 0 saturated carbocycles. The fourth-order valence-electron chi connectivity index (χ4n) is 1.78. The maximum atomic E-state index is 12.0. The molecule has 0 radical (unpaired) electrons. The normalized spacial score (nSPS) is 20.1. The van der Waals surface area contributed by atoms with Crippen LogP contribution in [0.1, 0.15) is 12.8 Å². The Kier molecular flexibility index (Phi) is 6.06. The van der Waals surface area contributed by atoms with Crippen molar-refractivity contribution in [2.24, 2.45) is 4.99 Å². The van der Waals surface area contributed by atoms with Gasteiger partial charge >= 0.3 is 6.18 Å². The number of aliphatic imine (C=N–C) groups is 1. The van der Waals surface area contributed by atoms with E-state index in [1.54, 1.807) is 0 Å². The number of rotatable bonds is 5. The molecule has 0 bridgehead atoms. The molecule has 20 heavy (non-hydrogen) atoms. The van der Waals surface area contributed by atoms with Crippen molar-refractivity contribution in [1.82, 2.24) is 14.9 Å². The fraction of sp³-hybridized carbons (Fsp3) is 0.900. The summed E-state index contributed by atoms with van der Waals surface area (Å²) in [6, 6.07) is 0. The second kappa shape index (κ2) is 7.11. The minimum atomic E-state index is -4.21. The molecule has 10 heteroatoms. The second-order valence-electron chi connectivity index (χ2n) is 4.36. The van der Waals surface area contributed by atoms with Crippen molar-refractivity contribution >= 4 is 16.0 Å². The number of hydrogen-bond acceptors (Lipinski definition) is 3. The predicted octanol–water partition coefficient (Wildman–Crippen LogP) is 0.139. The van der Waals surface area contributed by atoms with Crippen LogP contribution in [-0.2, 0) is 10.0 Å². The van der Waals surface area contributed by atoms with Crippen LogP contribution in [-0.4, -0.2) is 63.8 Å². The summed E-state index contributed by atoms with van der Waals surface area (Å²) in [5, 5.41) is 5.31. The lowest BCUT2D eigenvalue weighted by atomic mass is 10.4. The van der Waals surface area contributed by atoms with Crippen LogP contribution in [0.2, 0.25) is 0 Å². The largest absolute Gasteiger partial charge is 0.390 e. The summed E-state index contributed by atoms with van der Waals surface area (Å²) in [7, 11) is -1.70. The SMILES string of the molecule is CN=C(NCCN1CCCS1(=O)=O)NCCC(F)(F)F. The number of nitrogens with one attached hydrogen (secondary N) is 2. The molecule has 0 atom stereocenters. The Morgan fingerprint density at radius 2 is 1.95 bits per heavy atom. The van der Waals surface area contributed by atoms with Crippen LogP contribution in [0.4, 0.5) is 13.2 Å². The van der Waals surface area contributed by atoms with Gasteiger partial charge in [-0.15, -0.1) is 0 Å². The van der Waals surface area contributed by atoms with Gasteiger partial charge in [0.25, 0.3) is 0 Å². The smallest absolute Gasteiger partial charge is 0.356 e. The molecule has 1 saturated heterocycles. The van der Waals surface area contributed by atoms with E-state index in [0.29, 0.717) is 19.5 Å². The Balaban J connectivity index is 2.25. The summed E-state index contributed by atoms with van der Waals surface area (Å²) in [5.74, 6) is 0.386. The molecule has 2 N–H and O–H groups in total. The minimum Gasteiger partial charge on any atom is -0.356 e. The Labute approximate surface area is 116 Å². The number of guanidine groups is 1. The van der Waals surface area contributed by atoms with Gasteiger partial charge in [-0.3, -0.25) is 4.99 Å². The lowest BCUT2D eigenvalue weighted by molar-refractivity contribution is -0.132. The third-order valence-corrected chi connectivity index (χ3v) is 4.74. The first-order valence-corrected chi connectivity index (χ1v) is 7.84. The first kappa shape index (κ1) is 17.0. The Hall–Kier alpha value is -1.03. The number of nitrogens with zero attached hydrogens (tertiary/aromatic N) is 2. The Morgan fingerprint density at radius 1 is 1.30 bits per heavy atom. The van der Waals surface area contributed by atoms with E-state index in [1.807, 2.05) is 0 Å². The summed E-state index contributed by atoms with van der Waals surface area (Å²) >= 11 is 0. The summed E-state index contributed by atoms with van der Waals surface area (Å²) in [6.45, 7) is 0.794. The fourth-order valence-corrected chi connectivity index (χ4v) is 3.31. The van der Waals surface area contributed by atoms with E-state index in [-0.39, 0.29) is 24.8 Å². The zero-order valence-corrected chi connectivity index (χ0v) is 12.0.